The van der Waals surface area contributed by atoms with Gasteiger partial charge in [0.05, 0.1) is 18.2 Å². The van der Waals surface area contributed by atoms with Crippen LogP contribution in [0.3, 0.4) is 0 Å². The number of carbonyl (C=O) groups is 1. The number of carbonyl (C=O) groups excluding carboxylic acids is 1. The summed E-state index contributed by atoms with van der Waals surface area (Å²) in [5.74, 6) is -1.94. The van der Waals surface area contributed by atoms with E-state index in [0.29, 0.717) is 12.2 Å². The number of aromatic nitrogens is 1. The third kappa shape index (κ3) is 5.95. The number of halogens is 2. The van der Waals surface area contributed by atoms with E-state index in [1.54, 1.807) is 38.5 Å². The van der Waals surface area contributed by atoms with Crippen molar-refractivity contribution >= 4 is 6.09 Å². The topological polar surface area (TPSA) is 72.8 Å². The number of benzene rings is 2. The summed E-state index contributed by atoms with van der Waals surface area (Å²) in [4.78, 5) is 27.2. The van der Waals surface area contributed by atoms with Crippen LogP contribution in [0.1, 0.15) is 67.5 Å². The lowest BCUT2D eigenvalue weighted by molar-refractivity contribution is -0.0799. The number of ether oxygens (including phenoxy) is 2. The Labute approximate surface area is 232 Å². The maximum absolute atomic E-state index is 14.1. The van der Waals surface area contributed by atoms with E-state index in [1.807, 2.05) is 30.5 Å². The number of aryl methyl sites for hydroxylation is 1. The maximum Gasteiger partial charge on any atom is 0.408 e. The Morgan fingerprint density at radius 3 is 2.38 bits per heavy atom. The Kier molecular flexibility index (Phi) is 7.54. The molecule has 0 saturated carbocycles. The van der Waals surface area contributed by atoms with E-state index in [2.05, 4.69) is 10.2 Å². The molecule has 2 aromatic carbocycles. The van der Waals surface area contributed by atoms with Gasteiger partial charge in [-0.2, -0.15) is 0 Å². The molecule has 1 fully saturated rings. The Morgan fingerprint density at radius 1 is 1.05 bits per heavy atom. The molecule has 0 aliphatic carbocycles. The molecule has 0 bridgehead atoms. The van der Waals surface area contributed by atoms with Gasteiger partial charge in [0.2, 0.25) is 0 Å². The van der Waals surface area contributed by atoms with Crippen LogP contribution in [-0.4, -0.2) is 34.3 Å². The van der Waals surface area contributed by atoms with Crippen LogP contribution in [0, 0.1) is 11.6 Å². The first-order valence-corrected chi connectivity index (χ1v) is 13.5. The van der Waals surface area contributed by atoms with E-state index in [-0.39, 0.29) is 5.56 Å². The summed E-state index contributed by atoms with van der Waals surface area (Å²) >= 11 is 0. The van der Waals surface area contributed by atoms with Crippen molar-refractivity contribution in [2.75, 3.05) is 13.1 Å². The lowest BCUT2D eigenvalue weighted by atomic mass is 9.84. The number of rotatable bonds is 5. The average molecular weight is 552 g/mol. The van der Waals surface area contributed by atoms with E-state index >= 15 is 0 Å². The number of hydrogen-bond donors (Lipinski definition) is 1. The van der Waals surface area contributed by atoms with Crippen LogP contribution in [0.4, 0.5) is 13.6 Å². The molecule has 1 unspecified atom stereocenters. The Hall–Kier alpha value is -3.56. The zero-order chi connectivity index (χ0) is 28.7. The first-order chi connectivity index (χ1) is 18.9. The van der Waals surface area contributed by atoms with Crippen molar-refractivity contribution in [3.8, 4) is 0 Å². The molecular weight excluding hydrogens is 516 g/mol. The maximum atomic E-state index is 14.1. The first kappa shape index (κ1) is 28.0. The van der Waals surface area contributed by atoms with Gasteiger partial charge in [-0.25, -0.2) is 13.6 Å². The van der Waals surface area contributed by atoms with Crippen LogP contribution in [0.25, 0.3) is 0 Å². The molecule has 1 amide bonds. The largest absolute Gasteiger partial charge is 0.444 e. The SMILES string of the molecule is Cn1cc2c(cc1=O)C1(CCN(Cc3ccc(C(NC(=O)OC(C)(C)C)c4ccc(F)c(F)c4)cc3)CC1)OC2. The number of likely N-dealkylation sites (tertiary alicyclic amines) is 1. The highest BCUT2D eigenvalue weighted by Gasteiger charge is 2.43. The normalized spacial score (nSPS) is 17.4. The standard InChI is InChI=1S/C31H35F2N3O4/c1-30(2,3)40-29(38)34-28(22-9-10-25(32)26(33)15-22)21-7-5-20(6-8-21)17-36-13-11-31(12-14-36)24-16-27(37)35(4)18-23(24)19-39-31/h5-10,15-16,18,28H,11-14,17,19H2,1-4H3,(H,34,38). The van der Waals surface area contributed by atoms with E-state index in [4.69, 9.17) is 9.47 Å². The first-order valence-electron chi connectivity index (χ1n) is 13.5. The van der Waals surface area contributed by atoms with Crippen molar-refractivity contribution in [1.29, 1.82) is 0 Å². The molecule has 1 atom stereocenters. The van der Waals surface area contributed by atoms with Crippen LogP contribution in [0.15, 0.2) is 59.5 Å². The predicted molar refractivity (Wildman–Crippen MR) is 147 cm³/mol. The number of hydrogen-bond acceptors (Lipinski definition) is 5. The van der Waals surface area contributed by atoms with Gasteiger partial charge in [-0.3, -0.25) is 9.69 Å². The van der Waals surface area contributed by atoms with E-state index < -0.39 is 35.0 Å². The van der Waals surface area contributed by atoms with E-state index in [9.17, 15) is 18.4 Å². The highest BCUT2D eigenvalue weighted by Crippen LogP contribution is 2.43. The van der Waals surface area contributed by atoms with Crippen molar-refractivity contribution in [1.82, 2.24) is 14.8 Å². The molecule has 7 nitrogen and oxygen atoms in total. The van der Waals surface area contributed by atoms with E-state index in [0.717, 1.165) is 66.9 Å². The molecule has 212 valence electrons. The molecule has 2 aliphatic rings. The summed E-state index contributed by atoms with van der Waals surface area (Å²) in [5.41, 5.74) is 3.20. The zero-order valence-corrected chi connectivity index (χ0v) is 23.3. The van der Waals surface area contributed by atoms with Crippen LogP contribution >= 0.6 is 0 Å². The monoisotopic (exact) mass is 551 g/mol. The molecule has 1 saturated heterocycles. The Balaban J connectivity index is 1.28. The summed E-state index contributed by atoms with van der Waals surface area (Å²) in [6.45, 7) is 8.19. The zero-order valence-electron chi connectivity index (χ0n) is 23.3. The van der Waals surface area contributed by atoms with Gasteiger partial charge in [0.15, 0.2) is 11.6 Å². The van der Waals surface area contributed by atoms with Gasteiger partial charge < -0.3 is 19.4 Å². The highest BCUT2D eigenvalue weighted by atomic mass is 19.2. The molecule has 1 N–H and O–H groups in total. The third-order valence-electron chi connectivity index (χ3n) is 7.63. The minimum absolute atomic E-state index is 0.0195. The molecule has 1 aromatic heterocycles. The second-order valence-electron chi connectivity index (χ2n) is 11.7. The van der Waals surface area contributed by atoms with Gasteiger partial charge in [0, 0.05) is 44.5 Å². The van der Waals surface area contributed by atoms with Crippen molar-refractivity contribution in [2.45, 2.75) is 64.0 Å². The fraction of sp³-hybridized carbons (Fsp3) is 0.419. The van der Waals surface area contributed by atoms with Gasteiger partial charge in [-0.05, 0) is 68.0 Å². The molecule has 40 heavy (non-hydrogen) atoms. The fourth-order valence-corrected chi connectivity index (χ4v) is 5.55. The lowest BCUT2D eigenvalue weighted by Crippen LogP contribution is -2.42. The quantitative estimate of drug-likeness (QED) is 0.466. The van der Waals surface area contributed by atoms with Crippen molar-refractivity contribution in [3.05, 3.63) is 105 Å². The number of nitrogens with zero attached hydrogens (tertiary/aromatic N) is 2. The van der Waals surface area contributed by atoms with Crippen LogP contribution in [0.5, 0.6) is 0 Å². The van der Waals surface area contributed by atoms with Crippen LogP contribution < -0.4 is 10.9 Å². The highest BCUT2D eigenvalue weighted by molar-refractivity contribution is 5.69. The van der Waals surface area contributed by atoms with Gasteiger partial charge in [0.25, 0.3) is 5.56 Å². The third-order valence-corrected chi connectivity index (χ3v) is 7.63. The summed E-state index contributed by atoms with van der Waals surface area (Å²) in [5, 5.41) is 2.80. The molecular formula is C31H35F2N3O4. The summed E-state index contributed by atoms with van der Waals surface area (Å²) in [6.07, 6.45) is 2.85. The molecule has 5 rings (SSSR count). The average Bonchev–Trinajstić information content (AvgIpc) is 3.22. The van der Waals surface area contributed by atoms with Gasteiger partial charge in [0.1, 0.15) is 5.60 Å². The number of fused-ring (bicyclic) bond motifs is 2. The lowest BCUT2D eigenvalue weighted by Gasteiger charge is -2.39. The van der Waals surface area contributed by atoms with Crippen LogP contribution in [-0.2, 0) is 35.3 Å². The minimum Gasteiger partial charge on any atom is -0.444 e. The molecule has 3 aromatic rings. The summed E-state index contributed by atoms with van der Waals surface area (Å²) in [6, 6.07) is 12.3. The predicted octanol–water partition coefficient (Wildman–Crippen LogP) is 5.30. The number of amides is 1. The molecule has 3 heterocycles. The molecule has 9 heteroatoms. The molecule has 1 spiro atoms. The minimum atomic E-state index is -0.984. The smallest absolute Gasteiger partial charge is 0.408 e. The summed E-state index contributed by atoms with van der Waals surface area (Å²) < 4.78 is 40.9. The van der Waals surface area contributed by atoms with Gasteiger partial charge in [-0.1, -0.05) is 30.3 Å². The van der Waals surface area contributed by atoms with Crippen molar-refractivity contribution < 1.29 is 23.0 Å². The second-order valence-corrected chi connectivity index (χ2v) is 11.7. The van der Waals surface area contributed by atoms with Crippen molar-refractivity contribution in [2.24, 2.45) is 7.05 Å². The van der Waals surface area contributed by atoms with Gasteiger partial charge >= 0.3 is 6.09 Å². The molecule has 2 aliphatic heterocycles. The van der Waals surface area contributed by atoms with Gasteiger partial charge in [-0.15, -0.1) is 0 Å². The Morgan fingerprint density at radius 2 is 1.73 bits per heavy atom. The molecule has 0 radical (unpaired) electrons. The van der Waals surface area contributed by atoms with E-state index in [1.165, 1.54) is 6.07 Å². The second kappa shape index (κ2) is 10.8. The number of piperidine rings is 1. The van der Waals surface area contributed by atoms with Crippen LogP contribution in [0.2, 0.25) is 0 Å². The number of nitrogens with one attached hydrogen (secondary N) is 1. The number of alkyl carbamates (subject to hydrolysis) is 1. The van der Waals surface area contributed by atoms with Crippen molar-refractivity contribution in [3.63, 3.8) is 0 Å². The fourth-order valence-electron chi connectivity index (χ4n) is 5.55. The number of pyridine rings is 1. The Bertz CT molecular complexity index is 1450. The summed E-state index contributed by atoms with van der Waals surface area (Å²) in [7, 11) is 1.76.